The largest absolute Gasteiger partial charge is 0.479 e. The Morgan fingerprint density at radius 2 is 1.73 bits per heavy atom. The van der Waals surface area contributed by atoms with E-state index < -0.39 is 23.8 Å². The highest BCUT2D eigenvalue weighted by Crippen LogP contribution is 1.92. The number of hydrogen-bond acceptors (Lipinski definition) is 4. The van der Waals surface area contributed by atoms with E-state index >= 15 is 0 Å². The van der Waals surface area contributed by atoms with Crippen LogP contribution in [-0.2, 0) is 19.1 Å². The Bertz CT molecular complexity index is 195. The standard InChI is InChI=1S/C5H6O6/c1-11-3(5(9)10)2(6)4(7)8/h3H,1H3,(H,7,8)(H,9,10). The van der Waals surface area contributed by atoms with Crippen molar-refractivity contribution in [3.05, 3.63) is 0 Å². The average Bonchev–Trinajstić information content (AvgIpc) is 1.88. The van der Waals surface area contributed by atoms with Gasteiger partial charge in [-0.1, -0.05) is 0 Å². The van der Waals surface area contributed by atoms with Crippen LogP contribution in [-0.4, -0.2) is 41.1 Å². The van der Waals surface area contributed by atoms with E-state index in [9.17, 15) is 14.4 Å². The van der Waals surface area contributed by atoms with Crippen LogP contribution in [0.1, 0.15) is 0 Å². The normalized spacial score (nSPS) is 12.1. The third-order valence-electron chi connectivity index (χ3n) is 0.909. The number of hydrogen-bond donors (Lipinski definition) is 2. The van der Waals surface area contributed by atoms with Crippen molar-refractivity contribution >= 4 is 17.7 Å². The van der Waals surface area contributed by atoms with E-state index in [0.717, 1.165) is 7.11 Å². The number of Topliss-reactive ketones (excluding diaryl/α,β-unsaturated/α-hetero) is 1. The van der Waals surface area contributed by atoms with Gasteiger partial charge in [0.15, 0.2) is 0 Å². The van der Waals surface area contributed by atoms with Crippen LogP contribution in [0.15, 0.2) is 0 Å². The molecule has 0 aromatic carbocycles. The van der Waals surface area contributed by atoms with E-state index in [0.29, 0.717) is 0 Å². The molecule has 0 fully saturated rings. The van der Waals surface area contributed by atoms with Crippen LogP contribution in [0.5, 0.6) is 0 Å². The molecular weight excluding hydrogens is 156 g/mol. The Kier molecular flexibility index (Phi) is 3.19. The lowest BCUT2D eigenvalue weighted by Gasteiger charge is -2.04. The number of carbonyl (C=O) groups excluding carboxylic acids is 1. The molecule has 62 valence electrons. The van der Waals surface area contributed by atoms with Crippen molar-refractivity contribution in [1.82, 2.24) is 0 Å². The van der Waals surface area contributed by atoms with Gasteiger partial charge in [-0.25, -0.2) is 9.59 Å². The zero-order valence-electron chi connectivity index (χ0n) is 5.60. The number of aliphatic carboxylic acids is 2. The Balaban J connectivity index is 4.39. The van der Waals surface area contributed by atoms with Crippen molar-refractivity contribution in [2.45, 2.75) is 6.10 Å². The van der Waals surface area contributed by atoms with Gasteiger partial charge in [0.2, 0.25) is 6.10 Å². The molecule has 0 aliphatic carbocycles. The van der Waals surface area contributed by atoms with Gasteiger partial charge in [0.1, 0.15) is 0 Å². The van der Waals surface area contributed by atoms with Gasteiger partial charge in [-0.2, -0.15) is 0 Å². The third kappa shape index (κ3) is 2.34. The van der Waals surface area contributed by atoms with Crippen LogP contribution in [0.25, 0.3) is 0 Å². The van der Waals surface area contributed by atoms with Crippen LogP contribution >= 0.6 is 0 Å². The maximum atomic E-state index is 10.4. The van der Waals surface area contributed by atoms with Gasteiger partial charge in [0.25, 0.3) is 5.78 Å². The van der Waals surface area contributed by atoms with Crippen LogP contribution in [0.2, 0.25) is 0 Å². The van der Waals surface area contributed by atoms with Crippen molar-refractivity contribution in [1.29, 1.82) is 0 Å². The zero-order valence-corrected chi connectivity index (χ0v) is 5.60. The lowest BCUT2D eigenvalue weighted by Crippen LogP contribution is -2.36. The fourth-order valence-corrected chi connectivity index (χ4v) is 0.432. The van der Waals surface area contributed by atoms with Gasteiger partial charge in [-0.3, -0.25) is 4.79 Å². The SMILES string of the molecule is COC(C(=O)O)C(=O)C(=O)O. The molecule has 0 saturated heterocycles. The van der Waals surface area contributed by atoms with E-state index in [1.165, 1.54) is 0 Å². The number of carboxylic acid groups (broad SMARTS) is 2. The minimum Gasteiger partial charge on any atom is -0.479 e. The second-order valence-electron chi connectivity index (χ2n) is 1.62. The van der Waals surface area contributed by atoms with Crippen molar-refractivity contribution in [3.63, 3.8) is 0 Å². The molecule has 1 atom stereocenters. The first-order valence-corrected chi connectivity index (χ1v) is 2.53. The van der Waals surface area contributed by atoms with Gasteiger partial charge in [0.05, 0.1) is 0 Å². The first-order valence-electron chi connectivity index (χ1n) is 2.53. The van der Waals surface area contributed by atoms with E-state index in [1.54, 1.807) is 0 Å². The van der Waals surface area contributed by atoms with E-state index in [1.807, 2.05) is 0 Å². The van der Waals surface area contributed by atoms with Gasteiger partial charge in [-0.05, 0) is 0 Å². The van der Waals surface area contributed by atoms with Crippen molar-refractivity contribution in [2.75, 3.05) is 7.11 Å². The number of ketones is 1. The molecule has 0 aromatic heterocycles. The summed E-state index contributed by atoms with van der Waals surface area (Å²) in [6.07, 6.45) is -1.91. The summed E-state index contributed by atoms with van der Waals surface area (Å²) >= 11 is 0. The summed E-state index contributed by atoms with van der Waals surface area (Å²) in [7, 11) is 0.944. The molecule has 1 unspecified atom stereocenters. The van der Waals surface area contributed by atoms with Crippen LogP contribution in [0.3, 0.4) is 0 Å². The number of carboxylic acids is 2. The maximum absolute atomic E-state index is 10.4. The summed E-state index contributed by atoms with van der Waals surface area (Å²) in [5.41, 5.74) is 0. The minimum absolute atomic E-state index is 0.944. The van der Waals surface area contributed by atoms with E-state index in [2.05, 4.69) is 4.74 Å². The molecule has 6 nitrogen and oxygen atoms in total. The van der Waals surface area contributed by atoms with Crippen LogP contribution in [0, 0.1) is 0 Å². The molecule has 0 aromatic rings. The zero-order chi connectivity index (χ0) is 9.02. The Morgan fingerprint density at radius 3 is 1.82 bits per heavy atom. The molecule has 0 bridgehead atoms. The molecule has 0 rings (SSSR count). The highest BCUT2D eigenvalue weighted by atomic mass is 16.5. The Hall–Kier alpha value is -1.43. The molecule has 0 radical (unpaired) electrons. The molecule has 6 heteroatoms. The lowest BCUT2D eigenvalue weighted by atomic mass is 10.2. The van der Waals surface area contributed by atoms with Crippen molar-refractivity contribution in [2.24, 2.45) is 0 Å². The molecule has 0 saturated carbocycles. The third-order valence-corrected chi connectivity index (χ3v) is 0.909. The molecule has 0 aliphatic rings. The van der Waals surface area contributed by atoms with E-state index in [-0.39, 0.29) is 0 Å². The van der Waals surface area contributed by atoms with Gasteiger partial charge >= 0.3 is 11.9 Å². The first kappa shape index (κ1) is 9.57. The topological polar surface area (TPSA) is 101 Å². The van der Waals surface area contributed by atoms with Gasteiger partial charge in [0, 0.05) is 7.11 Å². The molecular formula is C5H6O6. The van der Waals surface area contributed by atoms with Gasteiger partial charge < -0.3 is 14.9 Å². The summed E-state index contributed by atoms with van der Waals surface area (Å²) in [6.45, 7) is 0. The fraction of sp³-hybridized carbons (Fsp3) is 0.400. The summed E-state index contributed by atoms with van der Waals surface area (Å²) in [4.78, 5) is 30.4. The molecule has 0 amide bonds. The first-order chi connectivity index (χ1) is 5.00. The second kappa shape index (κ2) is 3.67. The lowest BCUT2D eigenvalue weighted by molar-refractivity contribution is -0.163. The Morgan fingerprint density at radius 1 is 1.27 bits per heavy atom. The predicted molar refractivity (Wildman–Crippen MR) is 31.1 cm³/mol. The minimum atomic E-state index is -1.91. The molecule has 0 aliphatic heterocycles. The average molecular weight is 162 g/mol. The highest BCUT2D eigenvalue weighted by molar-refractivity contribution is 6.38. The maximum Gasteiger partial charge on any atom is 0.375 e. The smallest absolute Gasteiger partial charge is 0.375 e. The van der Waals surface area contributed by atoms with Crippen LogP contribution in [0.4, 0.5) is 0 Å². The predicted octanol–water partition coefficient (Wildman–Crippen LogP) is -1.26. The summed E-state index contributed by atoms with van der Waals surface area (Å²) < 4.78 is 4.10. The monoisotopic (exact) mass is 162 g/mol. The molecule has 0 heterocycles. The van der Waals surface area contributed by atoms with Gasteiger partial charge in [-0.15, -0.1) is 0 Å². The highest BCUT2D eigenvalue weighted by Gasteiger charge is 2.30. The Labute approximate surface area is 61.4 Å². The van der Waals surface area contributed by atoms with Crippen molar-refractivity contribution < 1.29 is 29.3 Å². The second-order valence-corrected chi connectivity index (χ2v) is 1.62. The van der Waals surface area contributed by atoms with Crippen molar-refractivity contribution in [3.8, 4) is 0 Å². The van der Waals surface area contributed by atoms with E-state index in [4.69, 9.17) is 10.2 Å². The molecule has 0 spiro atoms. The quantitative estimate of drug-likeness (QED) is 0.395. The fourth-order valence-electron chi connectivity index (χ4n) is 0.432. The number of rotatable bonds is 4. The van der Waals surface area contributed by atoms with Crippen LogP contribution < -0.4 is 0 Å². The molecule has 11 heavy (non-hydrogen) atoms. The molecule has 2 N–H and O–H groups in total. The summed E-state index contributed by atoms with van der Waals surface area (Å²) in [5.74, 6) is -4.92. The number of ether oxygens (including phenoxy) is 1. The number of carbonyl (C=O) groups is 3. The summed E-state index contributed by atoms with van der Waals surface area (Å²) in [5, 5.41) is 16.2. The number of methoxy groups -OCH3 is 1. The summed E-state index contributed by atoms with van der Waals surface area (Å²) in [6, 6.07) is 0.